The number of carbonyl (C=O) groups is 2. The monoisotopic (exact) mass is 273 g/mol. The number of carbonyl (C=O) groups excluding carboxylic acids is 2. The highest BCUT2D eigenvalue weighted by atomic mass is 16.6. The fourth-order valence-electron chi connectivity index (χ4n) is 2.25. The molecule has 0 aliphatic heterocycles. The predicted octanol–water partition coefficient (Wildman–Crippen LogP) is 3.47. The first-order valence-corrected chi connectivity index (χ1v) is 6.59. The van der Waals surface area contributed by atoms with Crippen LogP contribution in [0.25, 0.3) is 10.9 Å². The Kier molecular flexibility index (Phi) is 3.66. The summed E-state index contributed by atoms with van der Waals surface area (Å²) in [4.78, 5) is 22.8. The van der Waals surface area contributed by atoms with Crippen LogP contribution >= 0.6 is 0 Å². The molecule has 2 rings (SSSR count). The van der Waals surface area contributed by atoms with E-state index in [1.54, 1.807) is 6.20 Å². The first kappa shape index (κ1) is 14.3. The van der Waals surface area contributed by atoms with Gasteiger partial charge in [-0.25, -0.2) is 4.79 Å². The molecule has 0 spiro atoms. The van der Waals surface area contributed by atoms with Crippen LogP contribution < -0.4 is 0 Å². The van der Waals surface area contributed by atoms with Gasteiger partial charge < -0.3 is 9.53 Å². The van der Waals surface area contributed by atoms with Crippen molar-refractivity contribution in [3.05, 3.63) is 35.5 Å². The second kappa shape index (κ2) is 5.12. The Morgan fingerprint density at radius 3 is 2.65 bits per heavy atom. The zero-order chi connectivity index (χ0) is 14.9. The summed E-state index contributed by atoms with van der Waals surface area (Å²) in [5, 5.41) is 0.938. The normalized spacial score (nSPS) is 11.6. The SMILES string of the molecule is Cc1cc(CC=O)cc2ccn(C(=O)OC(C)(C)C)c12. The van der Waals surface area contributed by atoms with Gasteiger partial charge in [-0.3, -0.25) is 4.57 Å². The predicted molar refractivity (Wildman–Crippen MR) is 78.1 cm³/mol. The van der Waals surface area contributed by atoms with Gasteiger partial charge in [-0.2, -0.15) is 0 Å². The lowest BCUT2D eigenvalue weighted by atomic mass is 10.1. The zero-order valence-corrected chi connectivity index (χ0v) is 12.3. The van der Waals surface area contributed by atoms with Gasteiger partial charge in [0.15, 0.2) is 0 Å². The fraction of sp³-hybridized carbons (Fsp3) is 0.375. The molecule has 0 saturated carbocycles. The first-order valence-electron chi connectivity index (χ1n) is 6.59. The Hall–Kier alpha value is -2.10. The molecule has 0 amide bonds. The van der Waals surface area contributed by atoms with Gasteiger partial charge in [-0.15, -0.1) is 0 Å². The van der Waals surface area contributed by atoms with Crippen LogP contribution in [0.1, 0.15) is 31.9 Å². The molecule has 0 atom stereocenters. The lowest BCUT2D eigenvalue weighted by molar-refractivity contribution is -0.107. The van der Waals surface area contributed by atoms with E-state index in [4.69, 9.17) is 4.74 Å². The molecular formula is C16H19NO3. The summed E-state index contributed by atoms with van der Waals surface area (Å²) in [5.41, 5.74) is 2.20. The van der Waals surface area contributed by atoms with Crippen LogP contribution in [0, 0.1) is 6.92 Å². The van der Waals surface area contributed by atoms with Crippen LogP contribution in [0.4, 0.5) is 4.79 Å². The van der Waals surface area contributed by atoms with Crippen LogP contribution in [0.15, 0.2) is 24.4 Å². The smallest absolute Gasteiger partial charge is 0.418 e. The second-order valence-corrected chi connectivity index (χ2v) is 5.89. The lowest BCUT2D eigenvalue weighted by Crippen LogP contribution is -2.26. The van der Waals surface area contributed by atoms with E-state index in [9.17, 15) is 9.59 Å². The summed E-state index contributed by atoms with van der Waals surface area (Å²) < 4.78 is 6.91. The molecule has 1 aromatic carbocycles. The third-order valence-electron chi connectivity index (χ3n) is 2.94. The molecule has 0 aliphatic carbocycles. The summed E-state index contributed by atoms with van der Waals surface area (Å²) >= 11 is 0. The average molecular weight is 273 g/mol. The molecule has 0 radical (unpaired) electrons. The number of nitrogens with zero attached hydrogens (tertiary/aromatic N) is 1. The number of aryl methyl sites for hydroxylation is 1. The summed E-state index contributed by atoms with van der Waals surface area (Å²) in [6, 6.07) is 5.72. The summed E-state index contributed by atoms with van der Waals surface area (Å²) in [7, 11) is 0. The van der Waals surface area contributed by atoms with E-state index in [-0.39, 0.29) is 0 Å². The number of rotatable bonds is 2. The van der Waals surface area contributed by atoms with Crippen molar-refractivity contribution >= 4 is 23.3 Å². The summed E-state index contributed by atoms with van der Waals surface area (Å²) in [6.45, 7) is 7.44. The van der Waals surface area contributed by atoms with E-state index in [1.165, 1.54) is 4.57 Å². The topological polar surface area (TPSA) is 48.3 Å². The van der Waals surface area contributed by atoms with Crippen molar-refractivity contribution in [2.45, 2.75) is 39.7 Å². The van der Waals surface area contributed by atoms with E-state index in [0.29, 0.717) is 6.42 Å². The van der Waals surface area contributed by atoms with Crippen LogP contribution in [0.5, 0.6) is 0 Å². The van der Waals surface area contributed by atoms with E-state index in [1.807, 2.05) is 45.9 Å². The van der Waals surface area contributed by atoms with Crippen molar-refractivity contribution in [2.75, 3.05) is 0 Å². The fourth-order valence-corrected chi connectivity index (χ4v) is 2.25. The molecule has 0 fully saturated rings. The van der Waals surface area contributed by atoms with Gasteiger partial charge in [0.1, 0.15) is 11.9 Å². The van der Waals surface area contributed by atoms with Crippen LogP contribution in [0.2, 0.25) is 0 Å². The maximum atomic E-state index is 12.2. The third-order valence-corrected chi connectivity index (χ3v) is 2.94. The molecular weight excluding hydrogens is 254 g/mol. The minimum Gasteiger partial charge on any atom is -0.443 e. The molecule has 1 aromatic heterocycles. The molecule has 2 aromatic rings. The highest BCUT2D eigenvalue weighted by Crippen LogP contribution is 2.23. The van der Waals surface area contributed by atoms with E-state index >= 15 is 0 Å². The van der Waals surface area contributed by atoms with Crippen molar-refractivity contribution in [3.8, 4) is 0 Å². The second-order valence-electron chi connectivity index (χ2n) is 5.89. The third kappa shape index (κ3) is 2.90. The quantitative estimate of drug-likeness (QED) is 0.787. The number of aldehydes is 1. The zero-order valence-electron chi connectivity index (χ0n) is 12.3. The average Bonchev–Trinajstić information content (AvgIpc) is 2.71. The lowest BCUT2D eigenvalue weighted by Gasteiger charge is -2.20. The molecule has 0 aliphatic rings. The molecule has 0 bridgehead atoms. The number of hydrogen-bond donors (Lipinski definition) is 0. The first-order chi connectivity index (χ1) is 9.31. The van der Waals surface area contributed by atoms with Crippen molar-refractivity contribution in [3.63, 3.8) is 0 Å². The van der Waals surface area contributed by atoms with E-state index in [0.717, 1.165) is 28.3 Å². The van der Waals surface area contributed by atoms with Crippen LogP contribution in [-0.2, 0) is 16.0 Å². The van der Waals surface area contributed by atoms with Crippen molar-refractivity contribution in [2.24, 2.45) is 0 Å². The number of ether oxygens (including phenoxy) is 1. The van der Waals surface area contributed by atoms with Gasteiger partial charge in [0.25, 0.3) is 0 Å². The van der Waals surface area contributed by atoms with Gasteiger partial charge in [-0.05, 0) is 51.0 Å². The molecule has 20 heavy (non-hydrogen) atoms. The highest BCUT2D eigenvalue weighted by Gasteiger charge is 2.19. The van der Waals surface area contributed by atoms with E-state index in [2.05, 4.69) is 0 Å². The summed E-state index contributed by atoms with van der Waals surface area (Å²) in [6.07, 6.45) is 2.58. The maximum absolute atomic E-state index is 12.2. The molecule has 0 unspecified atom stereocenters. The van der Waals surface area contributed by atoms with Gasteiger partial charge >= 0.3 is 6.09 Å². The van der Waals surface area contributed by atoms with Gasteiger partial charge in [-0.1, -0.05) is 6.07 Å². The Morgan fingerprint density at radius 2 is 2.05 bits per heavy atom. The standard InChI is InChI=1S/C16H19NO3/c1-11-9-12(6-8-18)10-13-5-7-17(14(11)13)15(19)20-16(2,3)4/h5,7-10H,6H2,1-4H3. The van der Waals surface area contributed by atoms with Crippen LogP contribution in [0.3, 0.4) is 0 Å². The van der Waals surface area contributed by atoms with Crippen molar-refractivity contribution in [1.29, 1.82) is 0 Å². The Morgan fingerprint density at radius 1 is 1.35 bits per heavy atom. The number of fused-ring (bicyclic) bond motifs is 1. The molecule has 4 nitrogen and oxygen atoms in total. The van der Waals surface area contributed by atoms with E-state index < -0.39 is 11.7 Å². The van der Waals surface area contributed by atoms with Gasteiger partial charge in [0, 0.05) is 18.0 Å². The van der Waals surface area contributed by atoms with Crippen molar-refractivity contribution in [1.82, 2.24) is 4.57 Å². The largest absolute Gasteiger partial charge is 0.443 e. The molecule has 106 valence electrons. The Bertz CT molecular complexity index is 662. The molecule has 1 heterocycles. The molecule has 0 saturated heterocycles. The van der Waals surface area contributed by atoms with Gasteiger partial charge in [0.2, 0.25) is 0 Å². The van der Waals surface area contributed by atoms with Gasteiger partial charge in [0.05, 0.1) is 5.52 Å². The number of aromatic nitrogens is 1. The number of benzene rings is 1. The highest BCUT2D eigenvalue weighted by molar-refractivity contribution is 5.92. The Labute approximate surface area is 118 Å². The molecule has 4 heteroatoms. The minimum absolute atomic E-state index is 0.383. The minimum atomic E-state index is -0.529. The Balaban J connectivity index is 2.46. The number of hydrogen-bond acceptors (Lipinski definition) is 3. The molecule has 0 N–H and O–H groups in total. The van der Waals surface area contributed by atoms with Crippen LogP contribution in [-0.4, -0.2) is 22.5 Å². The summed E-state index contributed by atoms with van der Waals surface area (Å²) in [5.74, 6) is 0. The van der Waals surface area contributed by atoms with Crippen molar-refractivity contribution < 1.29 is 14.3 Å². The maximum Gasteiger partial charge on any atom is 0.418 e.